The van der Waals surface area contributed by atoms with Crippen molar-refractivity contribution in [2.45, 2.75) is 20.3 Å². The van der Waals surface area contributed by atoms with Crippen molar-refractivity contribution in [3.05, 3.63) is 35.9 Å². The highest BCUT2D eigenvalue weighted by Gasteiger charge is 2.22. The largest absolute Gasteiger partial charge is 0.294 e. The summed E-state index contributed by atoms with van der Waals surface area (Å²) in [4.78, 5) is 11.7. The van der Waals surface area contributed by atoms with Gasteiger partial charge in [-0.2, -0.15) is 0 Å². The summed E-state index contributed by atoms with van der Waals surface area (Å²) in [6.07, 6.45) is 0.257. The SMILES string of the molecule is CC(C)(CF)CC(=O)c1ccccc1. The molecule has 1 aromatic rings. The maximum absolute atomic E-state index is 12.5. The summed E-state index contributed by atoms with van der Waals surface area (Å²) in [7, 11) is 0. The van der Waals surface area contributed by atoms with E-state index >= 15 is 0 Å². The van der Waals surface area contributed by atoms with Crippen molar-refractivity contribution in [3.63, 3.8) is 0 Å². The van der Waals surface area contributed by atoms with E-state index in [0.717, 1.165) is 0 Å². The van der Waals surface area contributed by atoms with E-state index in [1.807, 2.05) is 18.2 Å². The Hall–Kier alpha value is -1.18. The monoisotopic (exact) mass is 194 g/mol. The minimum Gasteiger partial charge on any atom is -0.294 e. The van der Waals surface area contributed by atoms with E-state index in [2.05, 4.69) is 0 Å². The van der Waals surface area contributed by atoms with Crippen LogP contribution in [0, 0.1) is 5.41 Å². The van der Waals surface area contributed by atoms with Crippen LogP contribution in [0.5, 0.6) is 0 Å². The molecule has 0 heterocycles. The van der Waals surface area contributed by atoms with Crippen LogP contribution in [-0.4, -0.2) is 12.5 Å². The fourth-order valence-corrected chi connectivity index (χ4v) is 1.21. The number of alkyl halides is 1. The van der Waals surface area contributed by atoms with Crippen LogP contribution in [0.15, 0.2) is 30.3 Å². The average Bonchev–Trinajstić information content (AvgIpc) is 2.19. The van der Waals surface area contributed by atoms with E-state index < -0.39 is 12.1 Å². The first-order valence-electron chi connectivity index (χ1n) is 4.69. The van der Waals surface area contributed by atoms with Gasteiger partial charge in [0.15, 0.2) is 5.78 Å². The van der Waals surface area contributed by atoms with Crippen molar-refractivity contribution in [2.24, 2.45) is 5.41 Å². The van der Waals surface area contributed by atoms with Gasteiger partial charge in [-0.1, -0.05) is 44.2 Å². The predicted octanol–water partition coefficient (Wildman–Crippen LogP) is 3.26. The Morgan fingerprint density at radius 1 is 1.29 bits per heavy atom. The molecule has 0 aromatic heterocycles. The van der Waals surface area contributed by atoms with E-state index in [1.165, 1.54) is 0 Å². The average molecular weight is 194 g/mol. The van der Waals surface area contributed by atoms with Crippen LogP contribution in [0.3, 0.4) is 0 Å². The molecule has 0 aliphatic carbocycles. The fraction of sp³-hybridized carbons (Fsp3) is 0.417. The summed E-state index contributed by atoms with van der Waals surface area (Å²) < 4.78 is 12.5. The van der Waals surface area contributed by atoms with Crippen LogP contribution in [0.2, 0.25) is 0 Å². The first kappa shape index (κ1) is 10.9. The molecule has 1 aromatic carbocycles. The standard InChI is InChI=1S/C12H15FO/c1-12(2,9-13)8-11(14)10-6-4-3-5-7-10/h3-7H,8-9H2,1-2H3. The summed E-state index contributed by atoms with van der Waals surface area (Å²) >= 11 is 0. The van der Waals surface area contributed by atoms with E-state index in [4.69, 9.17) is 0 Å². The molecule has 1 rings (SSSR count). The van der Waals surface area contributed by atoms with Gasteiger partial charge in [0.25, 0.3) is 0 Å². The van der Waals surface area contributed by atoms with Gasteiger partial charge in [-0.3, -0.25) is 9.18 Å². The summed E-state index contributed by atoms with van der Waals surface area (Å²) in [6.45, 7) is 3.05. The van der Waals surface area contributed by atoms with Crippen molar-refractivity contribution in [1.82, 2.24) is 0 Å². The predicted molar refractivity (Wildman–Crippen MR) is 55.1 cm³/mol. The summed E-state index contributed by atoms with van der Waals surface area (Å²) in [6, 6.07) is 9.01. The third kappa shape index (κ3) is 2.95. The molecule has 0 fully saturated rings. The lowest BCUT2D eigenvalue weighted by atomic mass is 9.87. The van der Waals surface area contributed by atoms with Gasteiger partial charge in [0.1, 0.15) is 0 Å². The summed E-state index contributed by atoms with van der Waals surface area (Å²) in [5.74, 6) is 0.00764. The Kier molecular flexibility index (Phi) is 3.39. The van der Waals surface area contributed by atoms with Crippen LogP contribution in [0.4, 0.5) is 4.39 Å². The molecule has 0 saturated carbocycles. The van der Waals surface area contributed by atoms with Crippen LogP contribution in [0.1, 0.15) is 30.6 Å². The van der Waals surface area contributed by atoms with Gasteiger partial charge in [0.2, 0.25) is 0 Å². The van der Waals surface area contributed by atoms with Gasteiger partial charge >= 0.3 is 0 Å². The molecular formula is C12H15FO. The van der Waals surface area contributed by atoms with Crippen LogP contribution in [-0.2, 0) is 0 Å². The number of hydrogen-bond donors (Lipinski definition) is 0. The van der Waals surface area contributed by atoms with E-state index in [0.29, 0.717) is 5.56 Å². The van der Waals surface area contributed by atoms with Gasteiger partial charge in [-0.15, -0.1) is 0 Å². The number of hydrogen-bond acceptors (Lipinski definition) is 1. The second kappa shape index (κ2) is 4.36. The molecule has 0 spiro atoms. The first-order chi connectivity index (χ1) is 6.55. The topological polar surface area (TPSA) is 17.1 Å². The molecule has 0 aliphatic heterocycles. The van der Waals surface area contributed by atoms with E-state index in [9.17, 15) is 9.18 Å². The van der Waals surface area contributed by atoms with E-state index in [1.54, 1.807) is 26.0 Å². The lowest BCUT2D eigenvalue weighted by Gasteiger charge is -2.18. The summed E-state index contributed by atoms with van der Waals surface area (Å²) in [5, 5.41) is 0. The molecule has 0 N–H and O–H groups in total. The number of ketones is 1. The molecule has 14 heavy (non-hydrogen) atoms. The lowest BCUT2D eigenvalue weighted by molar-refractivity contribution is 0.0911. The molecule has 0 unspecified atom stereocenters. The third-order valence-corrected chi connectivity index (χ3v) is 2.10. The van der Waals surface area contributed by atoms with Crippen LogP contribution < -0.4 is 0 Å². The zero-order valence-electron chi connectivity index (χ0n) is 8.59. The molecule has 0 atom stereocenters. The number of benzene rings is 1. The highest BCUT2D eigenvalue weighted by atomic mass is 19.1. The highest BCUT2D eigenvalue weighted by Crippen LogP contribution is 2.23. The fourth-order valence-electron chi connectivity index (χ4n) is 1.21. The Morgan fingerprint density at radius 3 is 2.36 bits per heavy atom. The Bertz CT molecular complexity index is 303. The molecule has 0 saturated heterocycles. The molecule has 0 aliphatic rings. The second-order valence-electron chi connectivity index (χ2n) is 4.26. The molecule has 2 heteroatoms. The minimum atomic E-state index is -0.549. The zero-order valence-corrected chi connectivity index (χ0v) is 8.59. The third-order valence-electron chi connectivity index (χ3n) is 2.10. The lowest BCUT2D eigenvalue weighted by Crippen LogP contribution is -2.19. The Labute approximate surface area is 83.9 Å². The smallest absolute Gasteiger partial charge is 0.163 e. The number of Topliss-reactive ketones (excluding diaryl/α,β-unsaturated/α-hetero) is 1. The molecule has 1 nitrogen and oxygen atoms in total. The molecule has 76 valence electrons. The second-order valence-corrected chi connectivity index (χ2v) is 4.26. The number of halogens is 1. The van der Waals surface area contributed by atoms with Crippen molar-refractivity contribution in [2.75, 3.05) is 6.67 Å². The van der Waals surface area contributed by atoms with Gasteiger partial charge in [0.05, 0.1) is 6.67 Å². The van der Waals surface area contributed by atoms with Crippen molar-refractivity contribution >= 4 is 5.78 Å². The van der Waals surface area contributed by atoms with E-state index in [-0.39, 0.29) is 12.2 Å². The Morgan fingerprint density at radius 2 is 1.86 bits per heavy atom. The first-order valence-corrected chi connectivity index (χ1v) is 4.69. The maximum Gasteiger partial charge on any atom is 0.163 e. The molecule has 0 radical (unpaired) electrons. The number of carbonyl (C=O) groups excluding carboxylic acids is 1. The van der Waals surface area contributed by atoms with Gasteiger partial charge in [0, 0.05) is 17.4 Å². The van der Waals surface area contributed by atoms with Crippen LogP contribution in [0.25, 0.3) is 0 Å². The quantitative estimate of drug-likeness (QED) is 0.672. The van der Waals surface area contributed by atoms with Gasteiger partial charge in [-0.05, 0) is 0 Å². The summed E-state index contributed by atoms with van der Waals surface area (Å²) in [5.41, 5.74) is 0.112. The normalized spacial score (nSPS) is 11.4. The maximum atomic E-state index is 12.5. The molecule has 0 bridgehead atoms. The Balaban J connectivity index is 2.69. The zero-order chi connectivity index (χ0) is 10.6. The van der Waals surface area contributed by atoms with Crippen LogP contribution >= 0.6 is 0 Å². The van der Waals surface area contributed by atoms with Gasteiger partial charge < -0.3 is 0 Å². The highest BCUT2D eigenvalue weighted by molar-refractivity contribution is 5.96. The van der Waals surface area contributed by atoms with Crippen molar-refractivity contribution in [3.8, 4) is 0 Å². The number of rotatable bonds is 4. The molecular weight excluding hydrogens is 179 g/mol. The minimum absolute atomic E-state index is 0.00764. The molecule has 0 amide bonds. The van der Waals surface area contributed by atoms with Gasteiger partial charge in [-0.25, -0.2) is 0 Å². The van der Waals surface area contributed by atoms with Crippen molar-refractivity contribution < 1.29 is 9.18 Å². The van der Waals surface area contributed by atoms with Crippen molar-refractivity contribution in [1.29, 1.82) is 0 Å². The number of carbonyl (C=O) groups is 1.